The van der Waals surface area contributed by atoms with Crippen molar-refractivity contribution in [2.24, 2.45) is 7.05 Å². The zero-order valence-corrected chi connectivity index (χ0v) is 16.5. The van der Waals surface area contributed by atoms with Gasteiger partial charge >= 0.3 is 0 Å². The Labute approximate surface area is 162 Å². The Morgan fingerprint density at radius 1 is 1.07 bits per heavy atom. The van der Waals surface area contributed by atoms with Gasteiger partial charge in [-0.2, -0.15) is 0 Å². The molecule has 0 aliphatic carbocycles. The average Bonchev–Trinajstić information content (AvgIpc) is 3.03. The van der Waals surface area contributed by atoms with Crippen molar-refractivity contribution in [1.82, 2.24) is 19.4 Å². The molecule has 2 aromatic carbocycles. The zero-order valence-electron chi connectivity index (χ0n) is 16.5. The van der Waals surface area contributed by atoms with Gasteiger partial charge in [0.1, 0.15) is 5.82 Å². The number of likely N-dealkylation sites (N-methyl/N-ethyl adjacent to an activating group) is 1. The van der Waals surface area contributed by atoms with Crippen LogP contribution in [0.25, 0.3) is 11.0 Å². The predicted molar refractivity (Wildman–Crippen MR) is 112 cm³/mol. The van der Waals surface area contributed by atoms with E-state index < -0.39 is 0 Å². The van der Waals surface area contributed by atoms with Crippen LogP contribution in [-0.2, 0) is 20.0 Å². The van der Waals surface area contributed by atoms with Gasteiger partial charge < -0.3 is 9.47 Å². The number of hydrogen-bond donors (Lipinski definition) is 0. The molecule has 2 heterocycles. The van der Waals surface area contributed by atoms with E-state index in [0.29, 0.717) is 6.04 Å². The van der Waals surface area contributed by atoms with Gasteiger partial charge in [-0.05, 0) is 50.6 Å². The van der Waals surface area contributed by atoms with Crippen LogP contribution in [0.1, 0.15) is 24.2 Å². The van der Waals surface area contributed by atoms with Crippen molar-refractivity contribution in [3.05, 3.63) is 66.0 Å². The highest BCUT2D eigenvalue weighted by Gasteiger charge is 2.24. The van der Waals surface area contributed by atoms with E-state index in [2.05, 4.69) is 83.1 Å². The third-order valence-corrected chi connectivity index (χ3v) is 5.93. The minimum atomic E-state index is 0.606. The second kappa shape index (κ2) is 8.24. The average molecular weight is 363 g/mol. The largest absolute Gasteiger partial charge is 0.330 e. The van der Waals surface area contributed by atoms with Crippen LogP contribution in [0.2, 0.25) is 0 Å². The lowest BCUT2D eigenvalue weighted by Gasteiger charge is -2.37. The van der Waals surface area contributed by atoms with E-state index in [0.717, 1.165) is 37.4 Å². The van der Waals surface area contributed by atoms with Gasteiger partial charge in [-0.1, -0.05) is 42.5 Å². The second-order valence-corrected chi connectivity index (χ2v) is 7.82. The molecule has 1 saturated heterocycles. The van der Waals surface area contributed by atoms with Gasteiger partial charge in [0.05, 0.1) is 17.6 Å². The van der Waals surface area contributed by atoms with E-state index in [9.17, 15) is 0 Å². The molecular formula is C23H30N4. The van der Waals surface area contributed by atoms with E-state index in [4.69, 9.17) is 4.98 Å². The normalized spacial score (nSPS) is 18.4. The molecule has 27 heavy (non-hydrogen) atoms. The maximum atomic E-state index is 4.85. The molecule has 0 saturated carbocycles. The lowest BCUT2D eigenvalue weighted by atomic mass is 10.0. The van der Waals surface area contributed by atoms with Crippen LogP contribution in [0.15, 0.2) is 54.6 Å². The Morgan fingerprint density at radius 3 is 2.67 bits per heavy atom. The number of fused-ring (bicyclic) bond motifs is 1. The Bertz CT molecular complexity index is 870. The molecule has 1 aliphatic heterocycles. The number of nitrogens with zero attached hydrogens (tertiary/aromatic N) is 4. The van der Waals surface area contributed by atoms with Gasteiger partial charge in [0.15, 0.2) is 0 Å². The Balaban J connectivity index is 1.36. The SMILES string of the molecule is CN(Cc1nc2ccccc2n1C)[C@@H]1CCCN(CCc2ccccc2)C1. The van der Waals surface area contributed by atoms with Crippen LogP contribution in [-0.4, -0.2) is 52.1 Å². The van der Waals surface area contributed by atoms with Crippen molar-refractivity contribution < 1.29 is 0 Å². The van der Waals surface area contributed by atoms with E-state index in [1.165, 1.54) is 30.5 Å². The maximum Gasteiger partial charge on any atom is 0.123 e. The monoisotopic (exact) mass is 362 g/mol. The van der Waals surface area contributed by atoms with Crippen molar-refractivity contribution in [3.63, 3.8) is 0 Å². The van der Waals surface area contributed by atoms with E-state index >= 15 is 0 Å². The molecular weight excluding hydrogens is 332 g/mol. The zero-order chi connectivity index (χ0) is 18.6. The minimum Gasteiger partial charge on any atom is -0.330 e. The van der Waals surface area contributed by atoms with Crippen molar-refractivity contribution >= 4 is 11.0 Å². The Morgan fingerprint density at radius 2 is 1.85 bits per heavy atom. The molecule has 0 unspecified atom stereocenters. The molecule has 1 aromatic heterocycles. The summed E-state index contributed by atoms with van der Waals surface area (Å²) in [5.41, 5.74) is 3.75. The number of likely N-dealkylation sites (tertiary alicyclic amines) is 1. The topological polar surface area (TPSA) is 24.3 Å². The lowest BCUT2D eigenvalue weighted by molar-refractivity contribution is 0.110. The highest BCUT2D eigenvalue weighted by molar-refractivity contribution is 5.75. The van der Waals surface area contributed by atoms with Crippen molar-refractivity contribution in [3.8, 4) is 0 Å². The first-order valence-electron chi connectivity index (χ1n) is 10.1. The highest BCUT2D eigenvalue weighted by atomic mass is 15.2. The summed E-state index contributed by atoms with van der Waals surface area (Å²) in [5.74, 6) is 1.15. The molecule has 0 spiro atoms. The van der Waals surface area contributed by atoms with Crippen LogP contribution in [0.5, 0.6) is 0 Å². The first-order chi connectivity index (χ1) is 13.2. The van der Waals surface area contributed by atoms with Gasteiger partial charge in [-0.15, -0.1) is 0 Å². The summed E-state index contributed by atoms with van der Waals surface area (Å²) >= 11 is 0. The molecule has 4 heteroatoms. The van der Waals surface area contributed by atoms with E-state index in [1.54, 1.807) is 0 Å². The van der Waals surface area contributed by atoms with Crippen molar-refractivity contribution in [2.75, 3.05) is 26.7 Å². The van der Waals surface area contributed by atoms with Gasteiger partial charge in [0, 0.05) is 26.2 Å². The summed E-state index contributed by atoms with van der Waals surface area (Å²) in [6.07, 6.45) is 3.71. The van der Waals surface area contributed by atoms with Crippen molar-refractivity contribution in [1.29, 1.82) is 0 Å². The summed E-state index contributed by atoms with van der Waals surface area (Å²) in [4.78, 5) is 9.98. The molecule has 4 rings (SSSR count). The summed E-state index contributed by atoms with van der Waals surface area (Å²) in [6, 6.07) is 19.8. The Hall–Kier alpha value is -2.17. The second-order valence-electron chi connectivity index (χ2n) is 7.82. The number of aryl methyl sites for hydroxylation is 1. The summed E-state index contributed by atoms with van der Waals surface area (Å²) < 4.78 is 2.24. The molecule has 3 aromatic rings. The highest BCUT2D eigenvalue weighted by Crippen LogP contribution is 2.19. The Kier molecular flexibility index (Phi) is 5.55. The number of benzene rings is 2. The molecule has 1 atom stereocenters. The molecule has 0 radical (unpaired) electrons. The number of rotatable bonds is 6. The van der Waals surface area contributed by atoms with Crippen LogP contribution >= 0.6 is 0 Å². The van der Waals surface area contributed by atoms with Crippen LogP contribution in [0.4, 0.5) is 0 Å². The molecule has 1 aliphatic rings. The third kappa shape index (κ3) is 4.23. The third-order valence-electron chi connectivity index (χ3n) is 5.93. The minimum absolute atomic E-state index is 0.606. The quantitative estimate of drug-likeness (QED) is 0.668. The van der Waals surface area contributed by atoms with E-state index in [1.807, 2.05) is 0 Å². The molecule has 4 nitrogen and oxygen atoms in total. The number of para-hydroxylation sites is 2. The van der Waals surface area contributed by atoms with Gasteiger partial charge in [-0.25, -0.2) is 4.98 Å². The predicted octanol–water partition coefficient (Wildman–Crippen LogP) is 3.71. The van der Waals surface area contributed by atoms with Gasteiger partial charge in [0.2, 0.25) is 0 Å². The number of hydrogen-bond acceptors (Lipinski definition) is 3. The number of imidazole rings is 1. The number of aromatic nitrogens is 2. The molecule has 1 fully saturated rings. The standard InChI is InChI=1S/C23H30N4/c1-25(18-23-24-21-12-6-7-13-22(21)26(23)2)20-11-8-15-27(17-20)16-14-19-9-4-3-5-10-19/h3-7,9-10,12-13,20H,8,11,14-18H2,1-2H3/t20-/m1/s1. The van der Waals surface area contributed by atoms with Crippen LogP contribution in [0, 0.1) is 0 Å². The van der Waals surface area contributed by atoms with Crippen molar-refractivity contribution in [2.45, 2.75) is 31.8 Å². The molecule has 142 valence electrons. The number of piperidine rings is 1. The van der Waals surface area contributed by atoms with Crippen LogP contribution in [0.3, 0.4) is 0 Å². The molecule has 0 N–H and O–H groups in total. The summed E-state index contributed by atoms with van der Waals surface area (Å²) in [6.45, 7) is 4.44. The smallest absolute Gasteiger partial charge is 0.123 e. The lowest BCUT2D eigenvalue weighted by Crippen LogP contribution is -2.46. The fraction of sp³-hybridized carbons (Fsp3) is 0.435. The molecule has 0 amide bonds. The molecule has 0 bridgehead atoms. The van der Waals surface area contributed by atoms with Gasteiger partial charge in [-0.3, -0.25) is 4.90 Å². The van der Waals surface area contributed by atoms with Crippen LogP contribution < -0.4 is 0 Å². The first kappa shape index (κ1) is 18.2. The van der Waals surface area contributed by atoms with Gasteiger partial charge in [0.25, 0.3) is 0 Å². The first-order valence-corrected chi connectivity index (χ1v) is 10.1. The summed E-state index contributed by atoms with van der Waals surface area (Å²) in [5, 5.41) is 0. The summed E-state index contributed by atoms with van der Waals surface area (Å²) in [7, 11) is 4.39. The fourth-order valence-electron chi connectivity index (χ4n) is 4.21. The maximum absolute atomic E-state index is 4.85. The fourth-order valence-corrected chi connectivity index (χ4v) is 4.21. The van der Waals surface area contributed by atoms with E-state index in [-0.39, 0.29) is 0 Å².